The van der Waals surface area contributed by atoms with Crippen LogP contribution in [0.4, 0.5) is 0 Å². The van der Waals surface area contributed by atoms with Gasteiger partial charge in [0.15, 0.2) is 11.6 Å². The molecule has 2 N–H and O–H groups in total. The van der Waals surface area contributed by atoms with E-state index in [1.54, 1.807) is 39.0 Å². The lowest BCUT2D eigenvalue weighted by molar-refractivity contribution is -0.0170. The Kier molecular flexibility index (Phi) is 9.53. The van der Waals surface area contributed by atoms with Crippen LogP contribution in [0.2, 0.25) is 0 Å². The summed E-state index contributed by atoms with van der Waals surface area (Å²) < 4.78 is 44.2. The van der Waals surface area contributed by atoms with Gasteiger partial charge in [-0.3, -0.25) is 14.1 Å². The van der Waals surface area contributed by atoms with Gasteiger partial charge in [-0.1, -0.05) is 6.07 Å². The molecular weight excluding hydrogens is 534 g/mol. The van der Waals surface area contributed by atoms with Crippen molar-refractivity contribution in [3.8, 4) is 28.6 Å². The van der Waals surface area contributed by atoms with Gasteiger partial charge in [-0.25, -0.2) is 18.9 Å². The molecule has 3 atom stereocenters. The van der Waals surface area contributed by atoms with Crippen molar-refractivity contribution >= 4 is 11.3 Å². The van der Waals surface area contributed by atoms with E-state index in [0.29, 0.717) is 34.7 Å². The molecule has 0 radical (unpaired) electrons. The van der Waals surface area contributed by atoms with Crippen LogP contribution in [-0.4, -0.2) is 64.8 Å². The highest BCUT2D eigenvalue weighted by Gasteiger charge is 2.32. The minimum atomic E-state index is -2.38. The molecule has 40 heavy (non-hydrogen) atoms. The van der Waals surface area contributed by atoms with Gasteiger partial charge in [0, 0.05) is 36.8 Å². The first-order valence-electron chi connectivity index (χ1n) is 12.6. The maximum Gasteiger partial charge on any atom is 0.232 e. The molecule has 1 unspecified atom stereocenters. The van der Waals surface area contributed by atoms with E-state index in [2.05, 4.69) is 29.9 Å². The predicted octanol–water partition coefficient (Wildman–Crippen LogP) is 3.56. The summed E-state index contributed by atoms with van der Waals surface area (Å²) in [4.78, 5) is 13.2. The molecule has 3 heterocycles. The van der Waals surface area contributed by atoms with Crippen molar-refractivity contribution in [3.63, 3.8) is 0 Å². The summed E-state index contributed by atoms with van der Waals surface area (Å²) in [5.41, 5.74) is 3.11. The number of hydrogen-bond acceptors (Lipinski definition) is 9. The monoisotopic (exact) mass is 567 g/mol. The Balaban J connectivity index is 1.91. The molecule has 12 nitrogen and oxygen atoms in total. The molecule has 0 saturated carbocycles. The molecule has 0 fully saturated rings. The standard InChI is InChI=1S/C27H33N7O5S/c1-16(2)39-25(26-29-13-18(4)14-30-26)20(33-40(35)36)11-23-31-32-27(19-10-17(3)12-28-15-19)34(23)24-21(37-5)8-7-9-22(24)38-6/h7-10,12-16,20,25,33H,11H2,1-6H3,(H,35,36)/t20-,25-/m0/s1. The number of nitrogens with one attached hydrogen (secondary N) is 1. The highest BCUT2D eigenvalue weighted by molar-refractivity contribution is 7.77. The van der Waals surface area contributed by atoms with Crippen LogP contribution < -0.4 is 14.2 Å². The van der Waals surface area contributed by atoms with Crippen LogP contribution in [0.3, 0.4) is 0 Å². The second-order valence-electron chi connectivity index (χ2n) is 9.44. The largest absolute Gasteiger partial charge is 0.494 e. The molecule has 0 bridgehead atoms. The van der Waals surface area contributed by atoms with E-state index in [-0.39, 0.29) is 12.5 Å². The average Bonchev–Trinajstić information content (AvgIpc) is 3.34. The number of pyridine rings is 1. The smallest absolute Gasteiger partial charge is 0.232 e. The van der Waals surface area contributed by atoms with Gasteiger partial charge in [0.1, 0.15) is 29.1 Å². The molecular formula is C27H33N7O5S. The van der Waals surface area contributed by atoms with E-state index in [0.717, 1.165) is 16.7 Å². The van der Waals surface area contributed by atoms with Crippen LogP contribution in [0.1, 0.15) is 42.7 Å². The minimum Gasteiger partial charge on any atom is -0.494 e. The van der Waals surface area contributed by atoms with Crippen molar-refractivity contribution in [1.82, 2.24) is 34.4 Å². The third-order valence-electron chi connectivity index (χ3n) is 5.98. The first kappa shape index (κ1) is 29.2. The van der Waals surface area contributed by atoms with Gasteiger partial charge in [0.25, 0.3) is 0 Å². The lowest BCUT2D eigenvalue weighted by Crippen LogP contribution is -2.41. The normalized spacial score (nSPS) is 13.7. The minimum absolute atomic E-state index is 0.106. The number of methoxy groups -OCH3 is 2. The van der Waals surface area contributed by atoms with E-state index in [1.807, 2.05) is 56.5 Å². The van der Waals surface area contributed by atoms with Gasteiger partial charge in [0.05, 0.1) is 26.4 Å². The molecule has 0 aliphatic heterocycles. The molecule has 4 rings (SSSR count). The van der Waals surface area contributed by atoms with Gasteiger partial charge >= 0.3 is 0 Å². The number of para-hydroxylation sites is 1. The first-order chi connectivity index (χ1) is 19.2. The molecule has 3 aromatic heterocycles. The summed E-state index contributed by atoms with van der Waals surface area (Å²) in [6, 6.07) is 6.61. The van der Waals surface area contributed by atoms with E-state index in [1.165, 1.54) is 0 Å². The van der Waals surface area contributed by atoms with Gasteiger partial charge in [0.2, 0.25) is 11.3 Å². The van der Waals surface area contributed by atoms with Crippen molar-refractivity contribution in [2.24, 2.45) is 0 Å². The summed E-state index contributed by atoms with van der Waals surface area (Å²) in [6.45, 7) is 7.57. The van der Waals surface area contributed by atoms with Gasteiger partial charge in [-0.05, 0) is 57.0 Å². The zero-order valence-corrected chi connectivity index (χ0v) is 24.0. The Bertz CT molecular complexity index is 1440. The van der Waals surface area contributed by atoms with E-state index < -0.39 is 23.4 Å². The number of ether oxygens (including phenoxy) is 3. The van der Waals surface area contributed by atoms with E-state index in [9.17, 15) is 8.76 Å². The van der Waals surface area contributed by atoms with Crippen molar-refractivity contribution in [3.05, 3.63) is 71.8 Å². The Hall–Kier alpha value is -3.78. The number of hydrogen-bond donors (Lipinski definition) is 2. The zero-order chi connectivity index (χ0) is 28.8. The SMILES string of the molecule is COc1cccc(OC)c1-n1c(C[C@H](NS(=O)O)[C@H](OC(C)C)c2ncc(C)cn2)nnc1-c1cncc(C)c1. The second-order valence-corrected chi connectivity index (χ2v) is 10.2. The number of aryl methyl sites for hydroxylation is 2. The highest BCUT2D eigenvalue weighted by Crippen LogP contribution is 2.37. The van der Waals surface area contributed by atoms with Crippen LogP contribution in [0.15, 0.2) is 49.1 Å². The molecule has 0 aliphatic rings. The first-order valence-corrected chi connectivity index (χ1v) is 13.7. The molecule has 4 aromatic rings. The summed E-state index contributed by atoms with van der Waals surface area (Å²) >= 11 is -2.38. The van der Waals surface area contributed by atoms with Crippen molar-refractivity contribution in [2.75, 3.05) is 14.2 Å². The molecule has 1 aromatic carbocycles. The fraction of sp³-hybridized carbons (Fsp3) is 0.370. The number of benzene rings is 1. The summed E-state index contributed by atoms with van der Waals surface area (Å²) in [5, 5.41) is 9.04. The van der Waals surface area contributed by atoms with Crippen LogP contribution in [0.25, 0.3) is 17.1 Å². The van der Waals surface area contributed by atoms with E-state index >= 15 is 0 Å². The third kappa shape index (κ3) is 6.67. The van der Waals surface area contributed by atoms with Gasteiger partial charge in [-0.15, -0.1) is 10.2 Å². The van der Waals surface area contributed by atoms with Gasteiger partial charge < -0.3 is 14.2 Å². The molecule has 0 spiro atoms. The maximum absolute atomic E-state index is 12.1. The number of nitrogens with zero attached hydrogens (tertiary/aromatic N) is 6. The number of aromatic nitrogens is 6. The molecule has 212 valence electrons. The van der Waals surface area contributed by atoms with E-state index in [4.69, 9.17) is 14.2 Å². The number of rotatable bonds is 12. The zero-order valence-electron chi connectivity index (χ0n) is 23.2. The summed E-state index contributed by atoms with van der Waals surface area (Å²) in [5.74, 6) is 2.35. The quantitative estimate of drug-likeness (QED) is 0.244. The highest BCUT2D eigenvalue weighted by atomic mass is 32.2. The third-order valence-corrected chi connectivity index (χ3v) is 6.49. The molecule has 0 aliphatic carbocycles. The van der Waals surface area contributed by atoms with Crippen LogP contribution >= 0.6 is 0 Å². The lowest BCUT2D eigenvalue weighted by atomic mass is 10.1. The van der Waals surface area contributed by atoms with Crippen molar-refractivity contribution < 1.29 is 23.0 Å². The molecule has 13 heteroatoms. The van der Waals surface area contributed by atoms with Gasteiger partial charge in [-0.2, -0.15) is 0 Å². The Morgan fingerprint density at radius 2 is 1.68 bits per heavy atom. The van der Waals surface area contributed by atoms with Crippen LogP contribution in [0, 0.1) is 13.8 Å². The summed E-state index contributed by atoms with van der Waals surface area (Å²) in [6.07, 6.45) is 5.89. The maximum atomic E-state index is 12.1. The Morgan fingerprint density at radius 3 is 2.25 bits per heavy atom. The fourth-order valence-electron chi connectivity index (χ4n) is 4.31. The summed E-state index contributed by atoms with van der Waals surface area (Å²) in [7, 11) is 3.13. The van der Waals surface area contributed by atoms with Crippen molar-refractivity contribution in [1.29, 1.82) is 0 Å². The fourth-order valence-corrected chi connectivity index (χ4v) is 4.78. The topological polar surface area (TPSA) is 146 Å². The Labute approximate surface area is 235 Å². The van der Waals surface area contributed by atoms with Crippen molar-refractivity contribution in [2.45, 2.75) is 52.4 Å². The average molecular weight is 568 g/mol. The Morgan fingerprint density at radius 1 is 1.00 bits per heavy atom. The van der Waals surface area contributed by atoms with Crippen LogP contribution in [0.5, 0.6) is 11.5 Å². The van der Waals surface area contributed by atoms with Crippen LogP contribution in [-0.2, 0) is 22.4 Å². The predicted molar refractivity (Wildman–Crippen MR) is 150 cm³/mol. The molecule has 0 saturated heterocycles. The molecule has 0 amide bonds. The lowest BCUT2D eigenvalue weighted by Gasteiger charge is -2.27. The second kappa shape index (κ2) is 13.0.